The number of nitrogens with zero attached hydrogens (tertiary/aromatic N) is 5. The highest BCUT2D eigenvalue weighted by atomic mass is 16.2. The third-order valence-corrected chi connectivity index (χ3v) is 6.97. The van der Waals surface area contributed by atoms with Gasteiger partial charge in [-0.15, -0.1) is 0 Å². The van der Waals surface area contributed by atoms with Gasteiger partial charge in [0, 0.05) is 48.1 Å². The fraction of sp³-hybridized carbons (Fsp3) is 0.333. The highest BCUT2D eigenvalue weighted by Gasteiger charge is 2.37. The van der Waals surface area contributed by atoms with Gasteiger partial charge in [0.2, 0.25) is 5.91 Å². The molecule has 2 atom stereocenters. The SMILES string of the molecule is CC(C)C(=O)Nc1cncc(-c2cnc3n[nH]c(C4=NC5C(C(=O)N6CCCC6)=CC=CC5N4)c3c2)c1. The van der Waals surface area contributed by atoms with Crippen LogP contribution in [0.5, 0.6) is 0 Å². The lowest BCUT2D eigenvalue weighted by Gasteiger charge is -2.24. The standard InChI is InChI=1S/C27H28N8O2/c1-15(2)26(36)30-18-10-16(12-28-14-18)17-11-20-23(33-34-24(20)29-13-17)25-31-21-7-5-6-19(22(21)32-25)27(37)35-8-3-4-9-35/h5-7,10-15,21-22H,3-4,8-9H2,1-2H3,(H,30,36)(H,31,32)(H,29,33,34). The number of hydrogen-bond donors (Lipinski definition) is 3. The van der Waals surface area contributed by atoms with E-state index in [1.165, 1.54) is 0 Å². The third kappa shape index (κ3) is 4.28. The molecular weight excluding hydrogens is 468 g/mol. The van der Waals surface area contributed by atoms with Crippen molar-refractivity contribution in [1.29, 1.82) is 0 Å². The lowest BCUT2D eigenvalue weighted by molar-refractivity contribution is -0.126. The number of nitrogens with one attached hydrogen (secondary N) is 3. The van der Waals surface area contributed by atoms with E-state index in [1.54, 1.807) is 18.6 Å². The topological polar surface area (TPSA) is 128 Å². The van der Waals surface area contributed by atoms with Crippen molar-refractivity contribution in [1.82, 2.24) is 30.4 Å². The molecule has 10 heteroatoms. The molecule has 0 aromatic carbocycles. The monoisotopic (exact) mass is 496 g/mol. The maximum Gasteiger partial charge on any atom is 0.252 e. The van der Waals surface area contributed by atoms with Crippen LogP contribution in [0.25, 0.3) is 22.2 Å². The summed E-state index contributed by atoms with van der Waals surface area (Å²) in [6.45, 7) is 5.30. The van der Waals surface area contributed by atoms with Gasteiger partial charge in [0.25, 0.3) is 5.91 Å². The molecule has 3 aliphatic rings. The first-order valence-corrected chi connectivity index (χ1v) is 12.6. The Morgan fingerprint density at radius 3 is 2.73 bits per heavy atom. The maximum atomic E-state index is 13.1. The van der Waals surface area contributed by atoms with Crippen LogP contribution < -0.4 is 10.6 Å². The average molecular weight is 497 g/mol. The van der Waals surface area contributed by atoms with Crippen molar-refractivity contribution < 1.29 is 9.59 Å². The Hall–Kier alpha value is -4.34. The summed E-state index contributed by atoms with van der Waals surface area (Å²) in [5.41, 5.74) is 4.29. The Morgan fingerprint density at radius 1 is 1.11 bits per heavy atom. The molecule has 37 heavy (non-hydrogen) atoms. The molecule has 6 rings (SSSR count). The molecule has 3 aromatic rings. The molecule has 0 spiro atoms. The van der Waals surface area contributed by atoms with Crippen LogP contribution in [-0.4, -0.2) is 67.9 Å². The summed E-state index contributed by atoms with van der Waals surface area (Å²) in [6.07, 6.45) is 13.0. The van der Waals surface area contributed by atoms with Gasteiger partial charge in [-0.25, -0.2) is 4.98 Å². The number of allylic oxidation sites excluding steroid dienone is 2. The number of aromatic nitrogens is 4. The number of anilines is 1. The van der Waals surface area contributed by atoms with E-state index >= 15 is 0 Å². The Labute approximate surface area is 214 Å². The predicted molar refractivity (Wildman–Crippen MR) is 141 cm³/mol. The largest absolute Gasteiger partial charge is 0.360 e. The van der Waals surface area contributed by atoms with Crippen molar-refractivity contribution >= 4 is 34.4 Å². The van der Waals surface area contributed by atoms with Crippen molar-refractivity contribution in [2.75, 3.05) is 18.4 Å². The van der Waals surface area contributed by atoms with Crippen LogP contribution in [0.15, 0.2) is 59.5 Å². The molecule has 2 amide bonds. The number of carbonyl (C=O) groups excluding carboxylic acids is 2. The number of amidine groups is 1. The smallest absolute Gasteiger partial charge is 0.252 e. The summed E-state index contributed by atoms with van der Waals surface area (Å²) in [7, 11) is 0. The van der Waals surface area contributed by atoms with Gasteiger partial charge < -0.3 is 15.5 Å². The minimum Gasteiger partial charge on any atom is -0.360 e. The van der Waals surface area contributed by atoms with Crippen molar-refractivity contribution in [2.24, 2.45) is 10.9 Å². The second-order valence-corrected chi connectivity index (χ2v) is 9.90. The number of aromatic amines is 1. The molecule has 3 N–H and O–H groups in total. The van der Waals surface area contributed by atoms with Gasteiger partial charge in [0.1, 0.15) is 17.6 Å². The van der Waals surface area contributed by atoms with Crippen molar-refractivity contribution in [3.8, 4) is 11.1 Å². The molecule has 0 radical (unpaired) electrons. The lowest BCUT2D eigenvalue weighted by atomic mass is 9.95. The van der Waals surface area contributed by atoms with E-state index in [4.69, 9.17) is 4.99 Å². The van der Waals surface area contributed by atoms with Crippen LogP contribution in [0.4, 0.5) is 5.69 Å². The number of hydrogen-bond acceptors (Lipinski definition) is 7. The van der Waals surface area contributed by atoms with Gasteiger partial charge in [0.05, 0.1) is 23.3 Å². The fourth-order valence-electron chi connectivity index (χ4n) is 4.92. The first kappa shape index (κ1) is 23.1. The first-order chi connectivity index (χ1) is 18.0. The van der Waals surface area contributed by atoms with E-state index in [9.17, 15) is 9.59 Å². The number of rotatable bonds is 5. The number of aliphatic imine (C=N–C) groups is 1. The molecule has 3 aromatic heterocycles. The van der Waals surface area contributed by atoms with Gasteiger partial charge in [-0.2, -0.15) is 5.10 Å². The summed E-state index contributed by atoms with van der Waals surface area (Å²) in [4.78, 5) is 40.9. The molecule has 188 valence electrons. The zero-order valence-electron chi connectivity index (χ0n) is 20.7. The Morgan fingerprint density at radius 2 is 1.92 bits per heavy atom. The van der Waals surface area contributed by atoms with Crippen molar-refractivity contribution in [3.63, 3.8) is 0 Å². The van der Waals surface area contributed by atoms with Crippen LogP contribution in [-0.2, 0) is 9.59 Å². The van der Waals surface area contributed by atoms with Crippen LogP contribution in [0.3, 0.4) is 0 Å². The minimum atomic E-state index is -0.284. The molecular formula is C27H28N8O2. The quantitative estimate of drug-likeness (QED) is 0.498. The van der Waals surface area contributed by atoms with Crippen LogP contribution in [0, 0.1) is 5.92 Å². The number of fused-ring (bicyclic) bond motifs is 2. The second-order valence-electron chi connectivity index (χ2n) is 9.90. The average Bonchev–Trinajstić information content (AvgIpc) is 3.67. The second kappa shape index (κ2) is 9.27. The first-order valence-electron chi connectivity index (χ1n) is 12.6. The predicted octanol–water partition coefficient (Wildman–Crippen LogP) is 2.82. The molecule has 5 heterocycles. The van der Waals surface area contributed by atoms with Crippen molar-refractivity contribution in [3.05, 3.63) is 60.2 Å². The Kier molecular flexibility index (Phi) is 5.78. The Bertz CT molecular complexity index is 1480. The zero-order valence-corrected chi connectivity index (χ0v) is 20.7. The van der Waals surface area contributed by atoms with Crippen molar-refractivity contribution in [2.45, 2.75) is 38.8 Å². The molecule has 2 aliphatic heterocycles. The van der Waals surface area contributed by atoms with Gasteiger partial charge in [0.15, 0.2) is 5.65 Å². The summed E-state index contributed by atoms with van der Waals surface area (Å²) in [5.74, 6) is 0.523. The van der Waals surface area contributed by atoms with E-state index in [1.807, 2.05) is 49.1 Å². The molecule has 1 fully saturated rings. The summed E-state index contributed by atoms with van der Waals surface area (Å²) < 4.78 is 0. The van der Waals surface area contributed by atoms with Crippen LogP contribution in [0.2, 0.25) is 0 Å². The van der Waals surface area contributed by atoms with E-state index in [0.717, 1.165) is 48.1 Å². The summed E-state index contributed by atoms with van der Waals surface area (Å²) in [6, 6.07) is 3.48. The fourth-order valence-corrected chi connectivity index (χ4v) is 4.92. The van der Waals surface area contributed by atoms with Crippen LogP contribution >= 0.6 is 0 Å². The van der Waals surface area contributed by atoms with E-state index < -0.39 is 0 Å². The summed E-state index contributed by atoms with van der Waals surface area (Å²) in [5, 5.41) is 14.6. The lowest BCUT2D eigenvalue weighted by Crippen LogP contribution is -2.40. The molecule has 10 nitrogen and oxygen atoms in total. The van der Waals surface area contributed by atoms with Crippen LogP contribution in [0.1, 0.15) is 32.4 Å². The number of pyridine rings is 2. The molecule has 0 saturated carbocycles. The normalized spacial score (nSPS) is 20.6. The number of amides is 2. The van der Waals surface area contributed by atoms with E-state index in [2.05, 4.69) is 30.8 Å². The van der Waals surface area contributed by atoms with Gasteiger partial charge in [-0.1, -0.05) is 32.1 Å². The van der Waals surface area contributed by atoms with Gasteiger partial charge in [-0.05, 0) is 25.0 Å². The Balaban J connectivity index is 1.30. The van der Waals surface area contributed by atoms with Gasteiger partial charge >= 0.3 is 0 Å². The van der Waals surface area contributed by atoms with Gasteiger partial charge in [-0.3, -0.25) is 24.7 Å². The molecule has 1 aliphatic carbocycles. The molecule has 2 unspecified atom stereocenters. The molecule has 0 bridgehead atoms. The highest BCUT2D eigenvalue weighted by molar-refractivity contribution is 6.10. The number of likely N-dealkylation sites (tertiary alicyclic amines) is 1. The number of carbonyl (C=O) groups is 2. The van der Waals surface area contributed by atoms with E-state index in [-0.39, 0.29) is 29.8 Å². The minimum absolute atomic E-state index is 0.0675. The zero-order chi connectivity index (χ0) is 25.5. The molecule has 1 saturated heterocycles. The number of H-pyrrole nitrogens is 1. The highest BCUT2D eigenvalue weighted by Crippen LogP contribution is 2.29. The summed E-state index contributed by atoms with van der Waals surface area (Å²) >= 11 is 0. The van der Waals surface area contributed by atoms with E-state index in [0.29, 0.717) is 22.7 Å². The maximum absolute atomic E-state index is 13.1. The third-order valence-electron chi connectivity index (χ3n) is 6.97.